The van der Waals surface area contributed by atoms with E-state index in [0.717, 1.165) is 24.5 Å². The van der Waals surface area contributed by atoms with Crippen LogP contribution in [0.4, 0.5) is 0 Å². The lowest BCUT2D eigenvalue weighted by molar-refractivity contribution is 0.232. The molecule has 1 N–H and O–H groups in total. The van der Waals surface area contributed by atoms with E-state index >= 15 is 0 Å². The van der Waals surface area contributed by atoms with Gasteiger partial charge in [-0.15, -0.1) is 0 Å². The Morgan fingerprint density at radius 2 is 1.80 bits per heavy atom. The van der Waals surface area contributed by atoms with Crippen LogP contribution in [0.25, 0.3) is 0 Å². The molecule has 0 spiro atoms. The highest BCUT2D eigenvalue weighted by Gasteiger charge is 1.97. The summed E-state index contributed by atoms with van der Waals surface area (Å²) in [7, 11) is 0. The quantitative estimate of drug-likeness (QED) is 0.701. The first-order chi connectivity index (χ1) is 7.36. The highest BCUT2D eigenvalue weighted by molar-refractivity contribution is 5.32. The van der Waals surface area contributed by atoms with E-state index in [0.29, 0.717) is 13.0 Å². The molecule has 15 heavy (non-hydrogen) atoms. The second-order valence-corrected chi connectivity index (χ2v) is 3.25. The largest absolute Gasteiger partial charge is 0.493 e. The van der Waals surface area contributed by atoms with Crippen LogP contribution in [0, 0.1) is 0 Å². The van der Waals surface area contributed by atoms with E-state index in [2.05, 4.69) is 6.92 Å². The summed E-state index contributed by atoms with van der Waals surface area (Å²) in [4.78, 5) is 0. The molecule has 1 aromatic carbocycles. The molecule has 1 aromatic rings. The molecule has 0 bridgehead atoms. The maximum atomic E-state index is 8.61. The Balaban J connectivity index is 2.42. The van der Waals surface area contributed by atoms with Crippen LogP contribution in [0.5, 0.6) is 11.5 Å². The van der Waals surface area contributed by atoms with Gasteiger partial charge in [-0.25, -0.2) is 0 Å². The van der Waals surface area contributed by atoms with E-state index in [4.69, 9.17) is 14.6 Å². The second kappa shape index (κ2) is 7.12. The Kier molecular flexibility index (Phi) is 5.63. The molecule has 0 aliphatic heterocycles. The molecule has 0 aliphatic rings. The summed E-state index contributed by atoms with van der Waals surface area (Å²) >= 11 is 0. The van der Waals surface area contributed by atoms with Crippen molar-refractivity contribution in [2.24, 2.45) is 0 Å². The number of aliphatic hydroxyl groups is 1. The van der Waals surface area contributed by atoms with Crippen molar-refractivity contribution in [3.63, 3.8) is 0 Å². The number of hydrogen-bond acceptors (Lipinski definition) is 3. The molecular weight excluding hydrogens is 192 g/mol. The van der Waals surface area contributed by atoms with Gasteiger partial charge in [0.25, 0.3) is 0 Å². The molecule has 0 saturated heterocycles. The summed E-state index contributed by atoms with van der Waals surface area (Å²) in [6, 6.07) is 7.57. The van der Waals surface area contributed by atoms with Crippen molar-refractivity contribution in [2.75, 3.05) is 19.8 Å². The zero-order chi connectivity index (χ0) is 10.9. The van der Waals surface area contributed by atoms with Gasteiger partial charge in [0.15, 0.2) is 0 Å². The van der Waals surface area contributed by atoms with E-state index in [-0.39, 0.29) is 6.61 Å². The lowest BCUT2D eigenvalue weighted by atomic mass is 10.3. The number of rotatable bonds is 7. The van der Waals surface area contributed by atoms with E-state index in [1.165, 1.54) is 0 Å². The van der Waals surface area contributed by atoms with Crippen LogP contribution < -0.4 is 9.47 Å². The van der Waals surface area contributed by atoms with Crippen molar-refractivity contribution in [3.8, 4) is 11.5 Å². The highest BCUT2D eigenvalue weighted by atomic mass is 16.5. The summed E-state index contributed by atoms with van der Waals surface area (Å²) in [6.07, 6.45) is 1.65. The maximum Gasteiger partial charge on any atom is 0.122 e. The van der Waals surface area contributed by atoms with Crippen LogP contribution in [0.1, 0.15) is 19.8 Å². The van der Waals surface area contributed by atoms with Crippen molar-refractivity contribution < 1.29 is 14.6 Å². The third kappa shape index (κ3) is 4.70. The molecule has 1 rings (SSSR count). The summed E-state index contributed by atoms with van der Waals surface area (Å²) < 4.78 is 10.9. The number of ether oxygens (including phenoxy) is 2. The molecule has 0 aliphatic carbocycles. The van der Waals surface area contributed by atoms with Crippen molar-refractivity contribution in [1.29, 1.82) is 0 Å². The van der Waals surface area contributed by atoms with Crippen LogP contribution in [-0.2, 0) is 0 Å². The van der Waals surface area contributed by atoms with E-state index < -0.39 is 0 Å². The van der Waals surface area contributed by atoms with E-state index in [1.54, 1.807) is 0 Å². The molecule has 0 saturated carbocycles. The van der Waals surface area contributed by atoms with E-state index in [1.807, 2.05) is 24.3 Å². The van der Waals surface area contributed by atoms with Gasteiger partial charge in [0.05, 0.1) is 13.2 Å². The SMILES string of the molecule is CCCOc1cccc(OCCCO)c1. The summed E-state index contributed by atoms with van der Waals surface area (Å²) in [6.45, 7) is 3.49. The predicted octanol–water partition coefficient (Wildman–Crippen LogP) is 2.24. The summed E-state index contributed by atoms with van der Waals surface area (Å²) in [5, 5.41) is 8.61. The minimum atomic E-state index is 0.159. The Morgan fingerprint density at radius 1 is 1.13 bits per heavy atom. The zero-order valence-electron chi connectivity index (χ0n) is 9.11. The standard InChI is InChI=1S/C12H18O3/c1-2-8-14-11-5-3-6-12(10-11)15-9-4-7-13/h3,5-6,10,13H,2,4,7-9H2,1H3. The Bertz CT molecular complexity index is 273. The van der Waals surface area contributed by atoms with Crippen LogP contribution in [0.3, 0.4) is 0 Å². The first-order valence-electron chi connectivity index (χ1n) is 5.33. The molecule has 0 radical (unpaired) electrons. The normalized spacial score (nSPS) is 10.0. The molecule has 3 nitrogen and oxygen atoms in total. The Labute approximate surface area is 90.6 Å². The first-order valence-corrected chi connectivity index (χ1v) is 5.33. The lowest BCUT2D eigenvalue weighted by Gasteiger charge is -2.08. The van der Waals surface area contributed by atoms with Crippen molar-refractivity contribution >= 4 is 0 Å². The summed E-state index contributed by atoms with van der Waals surface area (Å²) in [5.41, 5.74) is 0. The maximum absolute atomic E-state index is 8.61. The molecule has 0 amide bonds. The third-order valence-electron chi connectivity index (χ3n) is 1.85. The monoisotopic (exact) mass is 210 g/mol. The van der Waals surface area contributed by atoms with Gasteiger partial charge in [-0.3, -0.25) is 0 Å². The van der Waals surface area contributed by atoms with Gasteiger partial charge in [-0.05, 0) is 18.6 Å². The molecular formula is C12H18O3. The van der Waals surface area contributed by atoms with Crippen molar-refractivity contribution in [3.05, 3.63) is 24.3 Å². The highest BCUT2D eigenvalue weighted by Crippen LogP contribution is 2.19. The van der Waals surface area contributed by atoms with Crippen LogP contribution >= 0.6 is 0 Å². The zero-order valence-corrected chi connectivity index (χ0v) is 9.11. The average Bonchev–Trinajstić information content (AvgIpc) is 2.27. The molecule has 0 fully saturated rings. The average molecular weight is 210 g/mol. The van der Waals surface area contributed by atoms with Gasteiger partial charge in [0.1, 0.15) is 11.5 Å². The van der Waals surface area contributed by atoms with Crippen molar-refractivity contribution in [2.45, 2.75) is 19.8 Å². The first kappa shape index (κ1) is 11.9. The van der Waals surface area contributed by atoms with Crippen LogP contribution in [-0.4, -0.2) is 24.9 Å². The van der Waals surface area contributed by atoms with Gasteiger partial charge in [0, 0.05) is 19.1 Å². The van der Waals surface area contributed by atoms with Gasteiger partial charge in [-0.2, -0.15) is 0 Å². The smallest absolute Gasteiger partial charge is 0.122 e. The van der Waals surface area contributed by atoms with Gasteiger partial charge in [-0.1, -0.05) is 13.0 Å². The topological polar surface area (TPSA) is 38.7 Å². The molecule has 0 heterocycles. The second-order valence-electron chi connectivity index (χ2n) is 3.25. The van der Waals surface area contributed by atoms with E-state index in [9.17, 15) is 0 Å². The fraction of sp³-hybridized carbons (Fsp3) is 0.500. The number of aliphatic hydroxyl groups excluding tert-OH is 1. The minimum Gasteiger partial charge on any atom is -0.493 e. The fourth-order valence-electron chi connectivity index (χ4n) is 1.13. The molecule has 0 aromatic heterocycles. The van der Waals surface area contributed by atoms with Crippen LogP contribution in [0.2, 0.25) is 0 Å². The minimum absolute atomic E-state index is 0.159. The van der Waals surface area contributed by atoms with Gasteiger partial charge < -0.3 is 14.6 Å². The Morgan fingerprint density at radius 3 is 2.40 bits per heavy atom. The molecule has 84 valence electrons. The lowest BCUT2D eigenvalue weighted by Crippen LogP contribution is -2.00. The molecule has 0 unspecified atom stereocenters. The van der Waals surface area contributed by atoms with Gasteiger partial charge >= 0.3 is 0 Å². The molecule has 3 heteroatoms. The van der Waals surface area contributed by atoms with Crippen molar-refractivity contribution in [1.82, 2.24) is 0 Å². The predicted molar refractivity (Wildman–Crippen MR) is 59.4 cm³/mol. The fourth-order valence-corrected chi connectivity index (χ4v) is 1.13. The van der Waals surface area contributed by atoms with Crippen LogP contribution in [0.15, 0.2) is 24.3 Å². The third-order valence-corrected chi connectivity index (χ3v) is 1.85. The Hall–Kier alpha value is -1.22. The molecule has 0 atom stereocenters. The number of hydrogen-bond donors (Lipinski definition) is 1. The number of benzene rings is 1. The van der Waals surface area contributed by atoms with Gasteiger partial charge in [0.2, 0.25) is 0 Å². The summed E-state index contributed by atoms with van der Waals surface area (Å²) in [5.74, 6) is 1.62.